The minimum absolute atomic E-state index is 0.480. The first kappa shape index (κ1) is 11.1. The number of aliphatic hydroxyl groups excluding tert-OH is 1. The molecule has 1 rings (SSSR count). The molecule has 7 heteroatoms. The van der Waals surface area contributed by atoms with E-state index in [1.165, 1.54) is 0 Å². The number of carbonyl (C=O) groups is 1. The zero-order valence-corrected chi connectivity index (χ0v) is 7.25. The number of carboxylic acids is 1. The van der Waals surface area contributed by atoms with E-state index in [1.807, 2.05) is 0 Å². The van der Waals surface area contributed by atoms with Gasteiger partial charge in [-0.25, -0.2) is 9.18 Å². The molecule has 15 heavy (non-hydrogen) atoms. The highest BCUT2D eigenvalue weighted by molar-refractivity contribution is 5.74. The number of halogens is 1. The van der Waals surface area contributed by atoms with Crippen LogP contribution in [0.5, 0.6) is 0 Å². The predicted octanol–water partition coefficient (Wildman–Crippen LogP) is 0.852. The summed E-state index contributed by atoms with van der Waals surface area (Å²) >= 11 is 0. The van der Waals surface area contributed by atoms with Crippen molar-refractivity contribution in [2.24, 2.45) is 0 Å². The molecule has 0 spiro atoms. The summed E-state index contributed by atoms with van der Waals surface area (Å²) in [6, 6.07) is 2.31. The van der Waals surface area contributed by atoms with Crippen LogP contribution in [-0.4, -0.2) is 21.1 Å². The van der Waals surface area contributed by atoms with Gasteiger partial charge in [0, 0.05) is 17.7 Å². The first-order valence-electron chi connectivity index (χ1n) is 3.78. The van der Waals surface area contributed by atoms with Crippen LogP contribution in [0, 0.1) is 15.9 Å². The quantitative estimate of drug-likeness (QED) is 0.575. The normalized spacial score (nSPS) is 12.1. The maximum atomic E-state index is 13.0. The molecule has 0 aliphatic rings. The van der Waals surface area contributed by atoms with Gasteiger partial charge < -0.3 is 10.2 Å². The third kappa shape index (κ3) is 2.26. The van der Waals surface area contributed by atoms with Crippen LogP contribution >= 0.6 is 0 Å². The molecular formula is C8H6FNO5. The molecule has 0 heterocycles. The summed E-state index contributed by atoms with van der Waals surface area (Å²) in [5, 5.41) is 27.7. The SMILES string of the molecule is O=C(O)C(O)c1cc([N+](=O)[O-])ccc1F. The van der Waals surface area contributed by atoms with Gasteiger partial charge in [-0.15, -0.1) is 0 Å². The number of carboxylic acid groups (broad SMARTS) is 1. The lowest BCUT2D eigenvalue weighted by Crippen LogP contribution is -2.12. The van der Waals surface area contributed by atoms with Crippen LogP contribution in [0.15, 0.2) is 18.2 Å². The van der Waals surface area contributed by atoms with Crippen molar-refractivity contribution in [1.29, 1.82) is 0 Å². The minimum Gasteiger partial charge on any atom is -0.479 e. The second-order valence-corrected chi connectivity index (χ2v) is 2.70. The van der Waals surface area contributed by atoms with Gasteiger partial charge in [0.2, 0.25) is 0 Å². The van der Waals surface area contributed by atoms with Crippen molar-refractivity contribution in [3.63, 3.8) is 0 Å². The highest BCUT2D eigenvalue weighted by Gasteiger charge is 2.22. The zero-order chi connectivity index (χ0) is 11.6. The van der Waals surface area contributed by atoms with Crippen LogP contribution in [0.4, 0.5) is 10.1 Å². The molecule has 0 aromatic heterocycles. The van der Waals surface area contributed by atoms with Gasteiger partial charge in [0.25, 0.3) is 5.69 Å². The summed E-state index contributed by atoms with van der Waals surface area (Å²) < 4.78 is 13.0. The third-order valence-corrected chi connectivity index (χ3v) is 1.72. The highest BCUT2D eigenvalue weighted by atomic mass is 19.1. The van der Waals surface area contributed by atoms with E-state index in [1.54, 1.807) is 0 Å². The molecule has 6 nitrogen and oxygen atoms in total. The Morgan fingerprint density at radius 1 is 1.53 bits per heavy atom. The van der Waals surface area contributed by atoms with Gasteiger partial charge in [-0.2, -0.15) is 0 Å². The first-order chi connectivity index (χ1) is 6.93. The number of hydrogen-bond donors (Lipinski definition) is 2. The summed E-state index contributed by atoms with van der Waals surface area (Å²) in [5.74, 6) is -2.68. The molecule has 0 aliphatic carbocycles. The average Bonchev–Trinajstić information content (AvgIpc) is 2.16. The van der Waals surface area contributed by atoms with E-state index in [0.29, 0.717) is 6.07 Å². The second-order valence-electron chi connectivity index (χ2n) is 2.70. The molecule has 0 bridgehead atoms. The monoisotopic (exact) mass is 215 g/mol. The summed E-state index contributed by atoms with van der Waals surface area (Å²) in [4.78, 5) is 19.8. The van der Waals surface area contributed by atoms with Gasteiger partial charge in [0.05, 0.1) is 4.92 Å². The lowest BCUT2D eigenvalue weighted by Gasteiger charge is -2.06. The molecule has 0 radical (unpaired) electrons. The number of nitrogens with zero attached hydrogens (tertiary/aromatic N) is 1. The topological polar surface area (TPSA) is 101 Å². The molecule has 0 aliphatic heterocycles. The third-order valence-electron chi connectivity index (χ3n) is 1.72. The van der Waals surface area contributed by atoms with Gasteiger partial charge in [-0.3, -0.25) is 10.1 Å². The molecule has 1 aromatic carbocycles. The first-order valence-corrected chi connectivity index (χ1v) is 3.78. The Kier molecular flexibility index (Phi) is 2.96. The predicted molar refractivity (Wildman–Crippen MR) is 45.7 cm³/mol. The Hall–Kier alpha value is -2.02. The lowest BCUT2D eigenvalue weighted by molar-refractivity contribution is -0.385. The van der Waals surface area contributed by atoms with Gasteiger partial charge in [-0.05, 0) is 6.07 Å². The molecule has 0 fully saturated rings. The van der Waals surface area contributed by atoms with Crippen molar-refractivity contribution in [2.75, 3.05) is 0 Å². The number of nitro groups is 1. The van der Waals surface area contributed by atoms with Gasteiger partial charge in [-0.1, -0.05) is 0 Å². The number of aliphatic carboxylic acids is 1. The number of nitro benzene ring substituents is 1. The lowest BCUT2D eigenvalue weighted by atomic mass is 10.1. The number of hydrogen-bond acceptors (Lipinski definition) is 4. The van der Waals surface area contributed by atoms with Crippen molar-refractivity contribution in [2.45, 2.75) is 6.10 Å². The number of aliphatic hydroxyl groups is 1. The van der Waals surface area contributed by atoms with Crippen molar-refractivity contribution in [3.8, 4) is 0 Å². The fourth-order valence-electron chi connectivity index (χ4n) is 0.987. The molecule has 0 saturated heterocycles. The van der Waals surface area contributed by atoms with E-state index in [-0.39, 0.29) is 0 Å². The van der Waals surface area contributed by atoms with E-state index in [2.05, 4.69) is 0 Å². The largest absolute Gasteiger partial charge is 0.479 e. The molecule has 2 N–H and O–H groups in total. The molecule has 80 valence electrons. The van der Waals surface area contributed by atoms with Crippen molar-refractivity contribution >= 4 is 11.7 Å². The highest BCUT2D eigenvalue weighted by Crippen LogP contribution is 2.22. The minimum atomic E-state index is -2.11. The molecule has 0 saturated carbocycles. The standard InChI is InChI=1S/C8H6FNO5/c9-6-2-1-4(10(14)15)3-5(6)7(11)8(12)13/h1-3,7,11H,(H,12,13). The Balaban J connectivity index is 3.22. The van der Waals surface area contributed by atoms with E-state index >= 15 is 0 Å². The van der Waals surface area contributed by atoms with Crippen LogP contribution in [0.1, 0.15) is 11.7 Å². The van der Waals surface area contributed by atoms with Crippen LogP contribution in [0.3, 0.4) is 0 Å². The summed E-state index contributed by atoms with van der Waals surface area (Å²) in [6.45, 7) is 0. The van der Waals surface area contributed by atoms with Crippen molar-refractivity contribution in [3.05, 3.63) is 39.7 Å². The van der Waals surface area contributed by atoms with Gasteiger partial charge in [0.15, 0.2) is 6.10 Å². The van der Waals surface area contributed by atoms with E-state index < -0.39 is 34.1 Å². The molecule has 1 atom stereocenters. The fourth-order valence-corrected chi connectivity index (χ4v) is 0.987. The Labute approximate surface area is 82.7 Å². The van der Waals surface area contributed by atoms with E-state index in [0.717, 1.165) is 12.1 Å². The van der Waals surface area contributed by atoms with E-state index in [4.69, 9.17) is 10.2 Å². The maximum absolute atomic E-state index is 13.0. The average molecular weight is 215 g/mol. The smallest absolute Gasteiger partial charge is 0.337 e. The Bertz CT molecular complexity index is 419. The van der Waals surface area contributed by atoms with Crippen LogP contribution in [-0.2, 0) is 4.79 Å². The van der Waals surface area contributed by atoms with Gasteiger partial charge in [0.1, 0.15) is 5.82 Å². The van der Waals surface area contributed by atoms with Crippen LogP contribution in [0.25, 0.3) is 0 Å². The summed E-state index contributed by atoms with van der Waals surface area (Å²) in [7, 11) is 0. The van der Waals surface area contributed by atoms with E-state index in [9.17, 15) is 19.3 Å². The second kappa shape index (κ2) is 4.01. The summed E-state index contributed by atoms with van der Waals surface area (Å²) in [6.07, 6.45) is -2.11. The maximum Gasteiger partial charge on any atom is 0.337 e. The zero-order valence-electron chi connectivity index (χ0n) is 7.25. The number of benzene rings is 1. The fraction of sp³-hybridized carbons (Fsp3) is 0.125. The molecule has 1 unspecified atom stereocenters. The summed E-state index contributed by atoms with van der Waals surface area (Å²) in [5.41, 5.74) is -1.11. The van der Waals surface area contributed by atoms with Crippen molar-refractivity contribution < 1.29 is 24.3 Å². The molecule has 0 amide bonds. The Morgan fingerprint density at radius 3 is 2.60 bits per heavy atom. The molecule has 1 aromatic rings. The number of non-ortho nitro benzene ring substituents is 1. The molecular weight excluding hydrogens is 209 g/mol. The van der Waals surface area contributed by atoms with Crippen LogP contribution < -0.4 is 0 Å². The number of rotatable bonds is 3. The Morgan fingerprint density at radius 2 is 2.13 bits per heavy atom. The van der Waals surface area contributed by atoms with Crippen LogP contribution in [0.2, 0.25) is 0 Å². The van der Waals surface area contributed by atoms with Gasteiger partial charge >= 0.3 is 5.97 Å². The van der Waals surface area contributed by atoms with Crippen molar-refractivity contribution in [1.82, 2.24) is 0 Å².